The van der Waals surface area contributed by atoms with Crippen LogP contribution in [0.15, 0.2) is 5.38 Å². The number of piperidine rings is 1. The van der Waals surface area contributed by atoms with Gasteiger partial charge >= 0.3 is 0 Å². The maximum Gasteiger partial charge on any atom is 0.245 e. The van der Waals surface area contributed by atoms with E-state index in [1.54, 1.807) is 16.0 Å². The first kappa shape index (κ1) is 16.3. The summed E-state index contributed by atoms with van der Waals surface area (Å²) in [4.78, 5) is 6.83. The first-order valence-corrected chi connectivity index (χ1v) is 8.79. The van der Waals surface area contributed by atoms with Gasteiger partial charge in [0.1, 0.15) is 0 Å². The molecule has 0 spiro atoms. The Hall–Kier alpha value is -1.54. The number of rotatable bonds is 3. The van der Waals surface area contributed by atoms with Crippen molar-refractivity contribution in [2.24, 2.45) is 7.05 Å². The van der Waals surface area contributed by atoms with Gasteiger partial charge in [-0.3, -0.25) is 0 Å². The number of hydrogen-bond donors (Lipinski definition) is 1. The molecule has 3 heterocycles. The zero-order chi connectivity index (χ0) is 16.7. The second kappa shape index (κ2) is 5.83. The van der Waals surface area contributed by atoms with Crippen molar-refractivity contribution >= 4 is 17.3 Å². The van der Waals surface area contributed by atoms with E-state index in [1.807, 2.05) is 7.05 Å². The number of hydrogen-bond acceptors (Lipinski definition) is 7. The molecule has 1 fully saturated rings. The molecule has 126 valence electrons. The smallest absolute Gasteiger partial charge is 0.245 e. The molecule has 0 unspecified atom stereocenters. The molecular weight excluding hydrogens is 312 g/mol. The summed E-state index contributed by atoms with van der Waals surface area (Å²) in [6.45, 7) is 7.99. The lowest BCUT2D eigenvalue weighted by Crippen LogP contribution is -2.46. The van der Waals surface area contributed by atoms with E-state index in [4.69, 9.17) is 4.98 Å². The Labute approximate surface area is 140 Å². The fraction of sp³-hybridized carbons (Fsp3) is 0.733. The quantitative estimate of drug-likeness (QED) is 0.916. The Bertz CT molecular complexity index is 666. The van der Waals surface area contributed by atoms with Crippen LogP contribution < -0.4 is 4.90 Å². The molecular formula is C15H24N6OS. The topological polar surface area (TPSA) is 80.0 Å². The number of nitrogens with zero attached hydrogens (tertiary/aromatic N) is 6. The molecule has 23 heavy (non-hydrogen) atoms. The highest BCUT2D eigenvalue weighted by molar-refractivity contribution is 7.09. The van der Waals surface area contributed by atoms with Crippen molar-refractivity contribution in [3.05, 3.63) is 16.1 Å². The average molecular weight is 336 g/mol. The summed E-state index contributed by atoms with van der Waals surface area (Å²) in [7, 11) is 1.83. The molecule has 1 saturated heterocycles. The third-order valence-electron chi connectivity index (χ3n) is 4.38. The molecule has 8 heteroatoms. The van der Waals surface area contributed by atoms with Gasteiger partial charge in [-0.1, -0.05) is 25.9 Å². The Balaban J connectivity index is 1.63. The molecule has 1 aliphatic rings. The third-order valence-corrected chi connectivity index (χ3v) is 5.22. The molecule has 3 rings (SSSR count). The Morgan fingerprint density at radius 1 is 1.30 bits per heavy atom. The van der Waals surface area contributed by atoms with Gasteiger partial charge in [-0.2, -0.15) is 0 Å². The Morgan fingerprint density at radius 3 is 2.52 bits per heavy atom. The number of thiazole rings is 1. The molecule has 0 aliphatic carbocycles. The molecule has 0 bridgehead atoms. The molecule has 1 aliphatic heterocycles. The predicted octanol–water partition coefficient (Wildman–Crippen LogP) is 1.54. The standard InChI is InChI=1S/C15H24N6OS/c1-14(2,3)11-10-23-12(16-11)9-15(22)5-7-21(8-6-15)13-17-18-19-20(13)4/h10,22H,5-9H2,1-4H3. The molecule has 7 nitrogen and oxygen atoms in total. The van der Waals surface area contributed by atoms with E-state index in [1.165, 1.54) is 0 Å². The highest BCUT2D eigenvalue weighted by Crippen LogP contribution is 2.31. The van der Waals surface area contributed by atoms with Gasteiger partial charge in [0.2, 0.25) is 5.95 Å². The second-order valence-electron chi connectivity index (χ2n) is 7.37. The van der Waals surface area contributed by atoms with Crippen LogP contribution in [0.5, 0.6) is 0 Å². The average Bonchev–Trinajstić information content (AvgIpc) is 3.08. The van der Waals surface area contributed by atoms with E-state index >= 15 is 0 Å². The van der Waals surface area contributed by atoms with Gasteiger partial charge in [-0.25, -0.2) is 9.67 Å². The largest absolute Gasteiger partial charge is 0.389 e. The lowest BCUT2D eigenvalue weighted by molar-refractivity contribution is 0.0161. The minimum Gasteiger partial charge on any atom is -0.389 e. The summed E-state index contributed by atoms with van der Waals surface area (Å²) in [6, 6.07) is 0. The molecule has 0 atom stereocenters. The molecule has 0 radical (unpaired) electrons. The fourth-order valence-electron chi connectivity index (χ4n) is 2.81. The van der Waals surface area contributed by atoms with Gasteiger partial charge in [0, 0.05) is 37.4 Å². The van der Waals surface area contributed by atoms with Crippen molar-refractivity contribution < 1.29 is 5.11 Å². The zero-order valence-electron chi connectivity index (χ0n) is 14.2. The lowest BCUT2D eigenvalue weighted by atomic mass is 9.88. The van der Waals surface area contributed by atoms with E-state index in [2.05, 4.69) is 46.6 Å². The zero-order valence-corrected chi connectivity index (χ0v) is 15.0. The van der Waals surface area contributed by atoms with Crippen LogP contribution in [0.4, 0.5) is 5.95 Å². The van der Waals surface area contributed by atoms with Crippen molar-refractivity contribution in [2.75, 3.05) is 18.0 Å². The van der Waals surface area contributed by atoms with Crippen LogP contribution in [0.1, 0.15) is 44.3 Å². The van der Waals surface area contributed by atoms with Crippen LogP contribution in [0.2, 0.25) is 0 Å². The van der Waals surface area contributed by atoms with E-state index in [0.717, 1.165) is 29.7 Å². The van der Waals surface area contributed by atoms with Crippen LogP contribution in [0.25, 0.3) is 0 Å². The van der Waals surface area contributed by atoms with Crippen LogP contribution in [0, 0.1) is 0 Å². The van der Waals surface area contributed by atoms with Crippen molar-refractivity contribution in [1.82, 2.24) is 25.2 Å². The van der Waals surface area contributed by atoms with Crippen LogP contribution in [-0.4, -0.2) is 49.0 Å². The Kier molecular flexibility index (Phi) is 4.14. The molecule has 0 aromatic carbocycles. The summed E-state index contributed by atoms with van der Waals surface area (Å²) in [5, 5.41) is 25.6. The van der Waals surface area contributed by atoms with E-state index in [0.29, 0.717) is 19.3 Å². The number of tetrazole rings is 1. The highest BCUT2D eigenvalue weighted by Gasteiger charge is 2.35. The van der Waals surface area contributed by atoms with Crippen LogP contribution in [-0.2, 0) is 18.9 Å². The van der Waals surface area contributed by atoms with Crippen molar-refractivity contribution in [3.63, 3.8) is 0 Å². The lowest BCUT2D eigenvalue weighted by Gasteiger charge is -2.37. The summed E-state index contributed by atoms with van der Waals surface area (Å²) >= 11 is 1.65. The van der Waals surface area contributed by atoms with E-state index < -0.39 is 5.60 Å². The van der Waals surface area contributed by atoms with E-state index in [-0.39, 0.29) is 5.41 Å². The van der Waals surface area contributed by atoms with Gasteiger partial charge < -0.3 is 10.0 Å². The summed E-state index contributed by atoms with van der Waals surface area (Å²) < 4.78 is 1.67. The summed E-state index contributed by atoms with van der Waals surface area (Å²) in [6.07, 6.45) is 2.02. The van der Waals surface area contributed by atoms with Gasteiger partial charge in [-0.05, 0) is 23.3 Å². The van der Waals surface area contributed by atoms with Crippen molar-refractivity contribution in [2.45, 2.75) is 51.0 Å². The number of aromatic nitrogens is 5. The van der Waals surface area contributed by atoms with Gasteiger partial charge in [-0.15, -0.1) is 11.3 Å². The molecule has 0 saturated carbocycles. The second-order valence-corrected chi connectivity index (χ2v) is 8.31. The normalized spacial score (nSPS) is 18.4. The van der Waals surface area contributed by atoms with Gasteiger partial charge in [0.25, 0.3) is 0 Å². The van der Waals surface area contributed by atoms with E-state index in [9.17, 15) is 5.11 Å². The molecule has 1 N–H and O–H groups in total. The molecule has 0 amide bonds. The summed E-state index contributed by atoms with van der Waals surface area (Å²) in [5.74, 6) is 0.760. The number of anilines is 1. The highest BCUT2D eigenvalue weighted by atomic mass is 32.1. The maximum absolute atomic E-state index is 10.9. The molecule has 2 aromatic rings. The first-order valence-electron chi connectivity index (χ1n) is 7.91. The number of aryl methyl sites for hydroxylation is 1. The van der Waals surface area contributed by atoms with Gasteiger partial charge in [0.05, 0.1) is 16.3 Å². The van der Waals surface area contributed by atoms with Crippen LogP contribution >= 0.6 is 11.3 Å². The molecule has 2 aromatic heterocycles. The van der Waals surface area contributed by atoms with Gasteiger partial charge in [0.15, 0.2) is 0 Å². The fourth-order valence-corrected chi connectivity index (χ4v) is 3.97. The third kappa shape index (κ3) is 3.53. The summed E-state index contributed by atoms with van der Waals surface area (Å²) in [5.41, 5.74) is 0.470. The van der Waals surface area contributed by atoms with Crippen LogP contribution in [0.3, 0.4) is 0 Å². The maximum atomic E-state index is 10.9. The Morgan fingerprint density at radius 2 is 2.00 bits per heavy atom. The number of aliphatic hydroxyl groups is 1. The predicted molar refractivity (Wildman–Crippen MR) is 89.7 cm³/mol. The monoisotopic (exact) mass is 336 g/mol. The minimum atomic E-state index is -0.685. The first-order chi connectivity index (χ1) is 10.8. The van der Waals surface area contributed by atoms with Crippen molar-refractivity contribution in [3.8, 4) is 0 Å². The minimum absolute atomic E-state index is 0.0545. The SMILES string of the molecule is Cn1nnnc1N1CCC(O)(Cc2nc(C(C)(C)C)cs2)CC1. The van der Waals surface area contributed by atoms with Crippen molar-refractivity contribution in [1.29, 1.82) is 0 Å².